The Labute approximate surface area is 314 Å². The Morgan fingerprint density at radius 3 is 1.56 bits per heavy atom. The number of furan rings is 1. The third kappa shape index (κ3) is 4.20. The largest absolute Gasteiger partial charge is 0.455 e. The summed E-state index contributed by atoms with van der Waals surface area (Å²) in [7, 11) is 0. The smallest absolute Gasteiger partial charge is 0.144 e. The first kappa shape index (κ1) is 29.8. The van der Waals surface area contributed by atoms with Gasteiger partial charge in [0.15, 0.2) is 0 Å². The van der Waals surface area contributed by atoms with Crippen LogP contribution in [0.5, 0.6) is 0 Å². The van der Waals surface area contributed by atoms with Crippen LogP contribution in [0.25, 0.3) is 119 Å². The molecule has 0 aliphatic heterocycles. The van der Waals surface area contributed by atoms with Crippen LogP contribution in [0, 0.1) is 0 Å². The van der Waals surface area contributed by atoms with Gasteiger partial charge in [-0.2, -0.15) is 0 Å². The summed E-state index contributed by atoms with van der Waals surface area (Å²) < 4.78 is 9.65. The van der Waals surface area contributed by atoms with E-state index >= 15 is 0 Å². The molecule has 1 nitrogen and oxygen atoms in total. The van der Waals surface area contributed by atoms with Crippen molar-refractivity contribution < 1.29 is 4.42 Å². The second-order valence-corrected chi connectivity index (χ2v) is 15.4. The summed E-state index contributed by atoms with van der Waals surface area (Å²) in [6.45, 7) is 0. The highest BCUT2D eigenvalue weighted by atomic mass is 32.1. The van der Waals surface area contributed by atoms with Crippen LogP contribution in [0.4, 0.5) is 0 Å². The zero-order valence-electron chi connectivity index (χ0n) is 29.1. The van der Waals surface area contributed by atoms with Crippen molar-refractivity contribution in [2.75, 3.05) is 0 Å². The molecule has 0 amide bonds. The Bertz CT molecular complexity index is 3440. The predicted octanol–water partition coefficient (Wildman–Crippen LogP) is 15.6. The molecule has 0 aliphatic carbocycles. The van der Waals surface area contributed by atoms with Crippen LogP contribution < -0.4 is 0 Å². The van der Waals surface area contributed by atoms with E-state index in [0.717, 1.165) is 22.1 Å². The molecule has 0 N–H and O–H groups in total. The summed E-state index contributed by atoms with van der Waals surface area (Å²) >= 11 is 1.87. The Balaban J connectivity index is 1.24. The molecule has 10 aromatic carbocycles. The first-order valence-corrected chi connectivity index (χ1v) is 19.3. The molecule has 250 valence electrons. The first-order chi connectivity index (χ1) is 26.8. The minimum Gasteiger partial charge on any atom is -0.455 e. The van der Waals surface area contributed by atoms with Crippen LogP contribution in [-0.2, 0) is 0 Å². The fraction of sp³-hybridized carbons (Fsp3) is 0. The molecule has 0 atom stereocenters. The maximum Gasteiger partial charge on any atom is 0.144 e. The molecule has 0 bridgehead atoms. The normalized spacial score (nSPS) is 12.1. The minimum atomic E-state index is 0.921. The zero-order chi connectivity index (χ0) is 35.3. The van der Waals surface area contributed by atoms with Gasteiger partial charge in [-0.3, -0.25) is 0 Å². The van der Waals surface area contributed by atoms with E-state index in [0.29, 0.717) is 0 Å². The van der Waals surface area contributed by atoms with Gasteiger partial charge >= 0.3 is 0 Å². The van der Waals surface area contributed by atoms with Gasteiger partial charge in [0, 0.05) is 42.1 Å². The second kappa shape index (κ2) is 11.4. The highest BCUT2D eigenvalue weighted by molar-refractivity contribution is 7.26. The van der Waals surface area contributed by atoms with Gasteiger partial charge in [0.05, 0.1) is 0 Å². The number of fused-ring (bicyclic) bond motifs is 11. The second-order valence-electron chi connectivity index (χ2n) is 14.3. The maximum absolute atomic E-state index is 7.08. The Kier molecular flexibility index (Phi) is 6.28. The summed E-state index contributed by atoms with van der Waals surface area (Å²) in [6, 6.07) is 66.6. The summed E-state index contributed by atoms with van der Waals surface area (Å²) in [4.78, 5) is 0. The van der Waals surface area contributed by atoms with Gasteiger partial charge in [0.25, 0.3) is 0 Å². The number of benzene rings is 10. The lowest BCUT2D eigenvalue weighted by Gasteiger charge is -2.20. The minimum absolute atomic E-state index is 0.921. The van der Waals surface area contributed by atoms with E-state index in [-0.39, 0.29) is 0 Å². The van der Waals surface area contributed by atoms with Crippen LogP contribution in [0.2, 0.25) is 0 Å². The third-order valence-corrected chi connectivity index (χ3v) is 12.6. The van der Waals surface area contributed by atoms with E-state index in [9.17, 15) is 0 Å². The van der Waals surface area contributed by atoms with Crippen LogP contribution in [-0.4, -0.2) is 0 Å². The van der Waals surface area contributed by atoms with Crippen molar-refractivity contribution in [3.63, 3.8) is 0 Å². The molecule has 12 aromatic rings. The number of hydrogen-bond donors (Lipinski definition) is 0. The predicted molar refractivity (Wildman–Crippen MR) is 233 cm³/mol. The average Bonchev–Trinajstić information content (AvgIpc) is 3.80. The van der Waals surface area contributed by atoms with Crippen molar-refractivity contribution in [1.82, 2.24) is 0 Å². The summed E-state index contributed by atoms with van der Waals surface area (Å²) in [6.07, 6.45) is 0. The van der Waals surface area contributed by atoms with Crippen molar-refractivity contribution in [1.29, 1.82) is 0 Å². The summed E-state index contributed by atoms with van der Waals surface area (Å²) in [5, 5.41) is 14.7. The van der Waals surface area contributed by atoms with E-state index in [4.69, 9.17) is 4.42 Å². The van der Waals surface area contributed by atoms with E-state index in [2.05, 4.69) is 182 Å². The van der Waals surface area contributed by atoms with Crippen LogP contribution in [0.3, 0.4) is 0 Å². The number of rotatable bonds is 3. The lowest BCUT2D eigenvalue weighted by molar-refractivity contribution is 0.671. The molecule has 0 radical (unpaired) electrons. The molecule has 2 heterocycles. The first-order valence-electron chi connectivity index (χ1n) is 18.5. The quantitative estimate of drug-likeness (QED) is 0.167. The van der Waals surface area contributed by atoms with Gasteiger partial charge in [-0.1, -0.05) is 158 Å². The lowest BCUT2D eigenvalue weighted by Crippen LogP contribution is -1.93. The highest BCUT2D eigenvalue weighted by Gasteiger charge is 2.24. The molecule has 2 aromatic heterocycles. The zero-order valence-corrected chi connectivity index (χ0v) is 30.0. The van der Waals surface area contributed by atoms with Crippen LogP contribution >= 0.6 is 11.3 Å². The van der Waals surface area contributed by atoms with Gasteiger partial charge in [-0.25, -0.2) is 0 Å². The van der Waals surface area contributed by atoms with E-state index in [1.807, 2.05) is 11.3 Å². The van der Waals surface area contributed by atoms with Gasteiger partial charge in [-0.05, 0) is 89.6 Å². The molecule has 0 saturated carbocycles. The van der Waals surface area contributed by atoms with Crippen LogP contribution in [0.15, 0.2) is 186 Å². The lowest BCUT2D eigenvalue weighted by atomic mass is 9.83. The van der Waals surface area contributed by atoms with Crippen molar-refractivity contribution in [2.45, 2.75) is 0 Å². The summed E-state index contributed by atoms with van der Waals surface area (Å²) in [5.41, 5.74) is 9.18. The van der Waals surface area contributed by atoms with Crippen molar-refractivity contribution in [3.8, 4) is 33.4 Å². The van der Waals surface area contributed by atoms with Crippen molar-refractivity contribution in [2.24, 2.45) is 0 Å². The van der Waals surface area contributed by atoms with Crippen molar-refractivity contribution >= 4 is 96.5 Å². The van der Waals surface area contributed by atoms with Gasteiger partial charge < -0.3 is 4.42 Å². The molecule has 12 rings (SSSR count). The van der Waals surface area contributed by atoms with Crippen molar-refractivity contribution in [3.05, 3.63) is 182 Å². The Hall–Kier alpha value is -6.74. The molecule has 54 heavy (non-hydrogen) atoms. The van der Waals surface area contributed by atoms with Gasteiger partial charge in [-0.15, -0.1) is 11.3 Å². The van der Waals surface area contributed by atoms with Crippen LogP contribution in [0.1, 0.15) is 0 Å². The summed E-state index contributed by atoms with van der Waals surface area (Å²) in [5.74, 6) is 0. The molecule has 0 unspecified atom stereocenters. The highest BCUT2D eigenvalue weighted by Crippen LogP contribution is 2.51. The topological polar surface area (TPSA) is 13.1 Å². The molecular formula is C52H30OS. The molecule has 0 fully saturated rings. The molecule has 0 saturated heterocycles. The monoisotopic (exact) mass is 702 g/mol. The Morgan fingerprint density at radius 1 is 0.352 bits per heavy atom. The van der Waals surface area contributed by atoms with Gasteiger partial charge in [0.1, 0.15) is 11.2 Å². The fourth-order valence-corrected chi connectivity index (χ4v) is 10.3. The number of thiophene rings is 1. The van der Waals surface area contributed by atoms with E-state index < -0.39 is 0 Å². The third-order valence-electron chi connectivity index (χ3n) is 11.4. The van der Waals surface area contributed by atoms with Gasteiger partial charge in [0.2, 0.25) is 0 Å². The molecule has 2 heteroatoms. The molecule has 0 aliphatic rings. The molecule has 0 spiro atoms. The van der Waals surface area contributed by atoms with E-state index in [1.54, 1.807) is 0 Å². The maximum atomic E-state index is 7.08. The standard InChI is InChI=1S/C52H30OS/c1-2-14-31(15-3-1)34-26-27-42(36-19-7-6-18-35(34)36)48-38-21-8-10-23-40(38)49(41-24-11-9-22-39(41)48)45-30-43-37-20-12-13-25-47(37)54-52(43)50-44-28-32-16-4-5-17-33(32)29-46(44)53-51(45)50/h1-30H. The van der Waals surface area contributed by atoms with E-state index in [1.165, 1.54) is 96.5 Å². The number of hydrogen-bond acceptors (Lipinski definition) is 2. The Morgan fingerprint density at radius 2 is 0.870 bits per heavy atom. The molecular weight excluding hydrogens is 673 g/mol. The SMILES string of the molecule is c1ccc(-c2ccc(-c3c4ccccc4c(-c4cc5c6ccccc6sc5c5c4oc4cc6ccccc6cc45)c4ccccc34)c3ccccc23)cc1. The average molecular weight is 703 g/mol. The fourth-order valence-electron chi connectivity index (χ4n) is 9.08.